The summed E-state index contributed by atoms with van der Waals surface area (Å²) in [6, 6.07) is 135. The first-order valence-electron chi connectivity index (χ1n) is 33.9. The van der Waals surface area contributed by atoms with Gasteiger partial charge in [0.05, 0.1) is 22.1 Å². The summed E-state index contributed by atoms with van der Waals surface area (Å²) in [5, 5.41) is 20.3. The van der Waals surface area contributed by atoms with E-state index in [-0.39, 0.29) is 0 Å². The average Bonchev–Trinajstić information content (AvgIpc) is 1.07. The Balaban J connectivity index is 0.582. The maximum atomic E-state index is 2.44. The normalized spacial score (nSPS) is 11.9. The van der Waals surface area contributed by atoms with Gasteiger partial charge in [-0.25, -0.2) is 0 Å². The number of fused-ring (bicyclic) bond motifs is 18. The standard InChI is InChI=1S/C96H60N2/c1-2-27-79-77(25-1)78-26-3-4-28-80(78)90-58-72(46-50-83(79)90)68-20-14-18-66(54-68)61-37-41-63(42-38-61)69-21-15-23-75(55-69)98-95-36-12-9-33-88(95)92-60-74(48-52-96(92)98)73-47-51-85-84-49-45-71(57-89(84)81-29-5-6-30-82(81)91(85)59-73)64-43-39-62(40-44-64)65-17-13-19-67(53-65)70-22-16-24-76(56-70)97-93-34-10-7-31-86(93)87-32-8-11-35-94(87)97/h1-60H. The Kier molecular flexibility index (Phi) is 12.7. The van der Waals surface area contributed by atoms with Crippen molar-refractivity contribution in [3.8, 4) is 89.3 Å². The largest absolute Gasteiger partial charge is 0.309 e. The van der Waals surface area contributed by atoms with Gasteiger partial charge in [-0.2, -0.15) is 0 Å². The lowest BCUT2D eigenvalue weighted by atomic mass is 9.90. The van der Waals surface area contributed by atoms with Crippen molar-refractivity contribution in [2.45, 2.75) is 0 Å². The molecule has 2 heterocycles. The highest BCUT2D eigenvalue weighted by molar-refractivity contribution is 6.27. The van der Waals surface area contributed by atoms with E-state index in [4.69, 9.17) is 0 Å². The molecule has 0 N–H and O–H groups in total. The SMILES string of the molecule is c1cc(-c2ccc(-c3ccc4c5ccc(-c6ccc7c(c6)c6ccccc6n7-c6cccc(-c7ccc(-c8cccc(-c9ccc%10c%11ccccc%11c%11ccccc%11c%10c9)c8)cc7)c6)cc5c5ccccc5c4c3)cc2)cc(-c2cccc(-n3c4ccccc4c4ccccc43)c2)c1. The van der Waals surface area contributed by atoms with E-state index >= 15 is 0 Å². The maximum Gasteiger partial charge on any atom is 0.0541 e. The number of hydrogen-bond donors (Lipinski definition) is 0. The highest BCUT2D eigenvalue weighted by atomic mass is 15.0. The van der Waals surface area contributed by atoms with Crippen LogP contribution in [0.15, 0.2) is 364 Å². The van der Waals surface area contributed by atoms with Crippen molar-refractivity contribution in [3.05, 3.63) is 364 Å². The van der Waals surface area contributed by atoms with Gasteiger partial charge in [0.25, 0.3) is 0 Å². The Bertz CT molecular complexity index is 6550. The van der Waals surface area contributed by atoms with Gasteiger partial charge in [0.2, 0.25) is 0 Å². The molecule has 0 aliphatic heterocycles. The van der Waals surface area contributed by atoms with E-state index in [0.717, 1.165) is 11.4 Å². The van der Waals surface area contributed by atoms with E-state index in [0.29, 0.717) is 0 Å². The zero-order valence-electron chi connectivity index (χ0n) is 53.5. The molecule has 0 radical (unpaired) electrons. The molecule has 0 saturated carbocycles. The first kappa shape index (κ1) is 55.6. The molecule has 2 heteroatoms. The quantitative estimate of drug-likeness (QED) is 0.128. The molecule has 0 bridgehead atoms. The van der Waals surface area contributed by atoms with E-state index in [1.165, 1.54) is 186 Å². The summed E-state index contributed by atoms with van der Waals surface area (Å²) in [5.74, 6) is 0. The molecule has 20 aromatic rings. The molecule has 0 spiro atoms. The minimum atomic E-state index is 1.13. The summed E-state index contributed by atoms with van der Waals surface area (Å²) in [5.41, 5.74) is 23.8. The third kappa shape index (κ3) is 9.03. The first-order chi connectivity index (χ1) is 48.6. The Morgan fingerprint density at radius 2 is 0.327 bits per heavy atom. The second kappa shape index (κ2) is 22.4. The number of hydrogen-bond acceptors (Lipinski definition) is 0. The van der Waals surface area contributed by atoms with Gasteiger partial charge in [-0.1, -0.05) is 279 Å². The van der Waals surface area contributed by atoms with E-state index < -0.39 is 0 Å². The van der Waals surface area contributed by atoms with Crippen LogP contribution in [0, 0.1) is 0 Å². The fourth-order valence-electron chi connectivity index (χ4n) is 16.2. The van der Waals surface area contributed by atoms with Crippen LogP contribution in [0.4, 0.5) is 0 Å². The first-order valence-corrected chi connectivity index (χ1v) is 33.9. The summed E-state index contributed by atoms with van der Waals surface area (Å²) >= 11 is 0. The van der Waals surface area contributed by atoms with Gasteiger partial charge in [-0.15, -0.1) is 0 Å². The van der Waals surface area contributed by atoms with E-state index in [2.05, 4.69) is 373 Å². The van der Waals surface area contributed by atoms with Gasteiger partial charge >= 0.3 is 0 Å². The monoisotopic (exact) mass is 1240 g/mol. The number of rotatable bonds is 9. The van der Waals surface area contributed by atoms with E-state index in [9.17, 15) is 0 Å². The lowest BCUT2D eigenvalue weighted by Crippen LogP contribution is -1.94. The molecule has 0 saturated heterocycles. The zero-order chi connectivity index (χ0) is 64.4. The molecular formula is C96H60N2. The molecule has 0 aliphatic carbocycles. The second-order valence-electron chi connectivity index (χ2n) is 26.3. The number of aromatic nitrogens is 2. The average molecular weight is 1240 g/mol. The molecule has 0 aliphatic rings. The van der Waals surface area contributed by atoms with Crippen molar-refractivity contribution in [2.75, 3.05) is 0 Å². The molecule has 0 atom stereocenters. The van der Waals surface area contributed by atoms with Crippen LogP contribution in [0.2, 0.25) is 0 Å². The van der Waals surface area contributed by atoms with Crippen LogP contribution in [0.25, 0.3) is 198 Å². The van der Waals surface area contributed by atoms with Gasteiger partial charge in [0, 0.05) is 32.9 Å². The van der Waals surface area contributed by atoms with Gasteiger partial charge in [-0.05, 0) is 227 Å². The summed E-state index contributed by atoms with van der Waals surface area (Å²) in [4.78, 5) is 0. The summed E-state index contributed by atoms with van der Waals surface area (Å²) < 4.78 is 4.83. The van der Waals surface area contributed by atoms with E-state index in [1.807, 2.05) is 0 Å². The lowest BCUT2D eigenvalue weighted by molar-refractivity contribution is 1.18. The van der Waals surface area contributed by atoms with Crippen LogP contribution >= 0.6 is 0 Å². The smallest absolute Gasteiger partial charge is 0.0541 e. The van der Waals surface area contributed by atoms with Gasteiger partial charge < -0.3 is 9.13 Å². The number of nitrogens with zero attached hydrogens (tertiary/aromatic N) is 2. The fraction of sp³-hybridized carbons (Fsp3) is 0. The van der Waals surface area contributed by atoms with Crippen molar-refractivity contribution in [1.82, 2.24) is 9.13 Å². The minimum Gasteiger partial charge on any atom is -0.309 e. The van der Waals surface area contributed by atoms with Crippen LogP contribution in [0.3, 0.4) is 0 Å². The van der Waals surface area contributed by atoms with Crippen LogP contribution in [0.1, 0.15) is 0 Å². The van der Waals surface area contributed by atoms with Crippen LogP contribution in [-0.2, 0) is 0 Å². The predicted molar refractivity (Wildman–Crippen MR) is 418 cm³/mol. The highest BCUT2D eigenvalue weighted by Crippen LogP contribution is 2.44. The molecule has 0 fully saturated rings. The molecule has 2 nitrogen and oxygen atoms in total. The molecular weight excluding hydrogens is 1180 g/mol. The van der Waals surface area contributed by atoms with E-state index in [1.54, 1.807) is 0 Å². The van der Waals surface area contributed by atoms with Crippen LogP contribution in [-0.4, -0.2) is 9.13 Å². The summed E-state index contributed by atoms with van der Waals surface area (Å²) in [6.07, 6.45) is 0. The molecule has 18 aromatic carbocycles. The Morgan fingerprint density at radius 3 is 0.694 bits per heavy atom. The van der Waals surface area contributed by atoms with Gasteiger partial charge in [-0.3, -0.25) is 0 Å². The van der Waals surface area contributed by atoms with Crippen molar-refractivity contribution in [2.24, 2.45) is 0 Å². The highest BCUT2D eigenvalue weighted by Gasteiger charge is 2.19. The van der Waals surface area contributed by atoms with Gasteiger partial charge in [0.1, 0.15) is 0 Å². The summed E-state index contributed by atoms with van der Waals surface area (Å²) in [6.45, 7) is 0. The molecule has 0 unspecified atom stereocenters. The van der Waals surface area contributed by atoms with Gasteiger partial charge in [0.15, 0.2) is 0 Å². The number of benzene rings is 18. The van der Waals surface area contributed by atoms with Crippen molar-refractivity contribution in [1.29, 1.82) is 0 Å². The summed E-state index contributed by atoms with van der Waals surface area (Å²) in [7, 11) is 0. The topological polar surface area (TPSA) is 9.86 Å². The predicted octanol–water partition coefficient (Wildman–Crippen LogP) is 26.5. The molecule has 0 amide bonds. The maximum absolute atomic E-state index is 2.44. The minimum absolute atomic E-state index is 1.13. The molecule has 2 aromatic heterocycles. The zero-order valence-corrected chi connectivity index (χ0v) is 53.5. The molecule has 454 valence electrons. The Hall–Kier alpha value is -12.9. The van der Waals surface area contributed by atoms with Crippen LogP contribution in [0.5, 0.6) is 0 Å². The molecule has 20 rings (SSSR count). The Labute approximate surface area is 567 Å². The third-order valence-electron chi connectivity index (χ3n) is 20.9. The van der Waals surface area contributed by atoms with Crippen molar-refractivity contribution >= 4 is 108 Å². The molecule has 98 heavy (non-hydrogen) atoms. The van der Waals surface area contributed by atoms with Crippen molar-refractivity contribution in [3.63, 3.8) is 0 Å². The second-order valence-corrected chi connectivity index (χ2v) is 26.3. The van der Waals surface area contributed by atoms with Crippen molar-refractivity contribution < 1.29 is 0 Å². The third-order valence-corrected chi connectivity index (χ3v) is 20.9. The van der Waals surface area contributed by atoms with Crippen LogP contribution < -0.4 is 0 Å². The lowest BCUT2D eigenvalue weighted by Gasteiger charge is -2.14. The Morgan fingerprint density at radius 1 is 0.112 bits per heavy atom. The fourth-order valence-corrected chi connectivity index (χ4v) is 16.2. The number of para-hydroxylation sites is 3.